The molecule has 7 nitrogen and oxygen atoms in total. The van der Waals surface area contributed by atoms with E-state index in [4.69, 9.17) is 14.5 Å². The largest absolute Gasteiger partial charge is 0.477 e. The second-order valence-electron chi connectivity index (χ2n) is 7.13. The van der Waals surface area contributed by atoms with Gasteiger partial charge < -0.3 is 9.47 Å². The zero-order chi connectivity index (χ0) is 21.9. The van der Waals surface area contributed by atoms with Gasteiger partial charge in [0, 0.05) is 18.5 Å². The molecule has 0 atom stereocenters. The molecular weight excluding hydrogens is 402 g/mol. The molecule has 0 N–H and O–H groups in total. The Balaban J connectivity index is 1.48. The smallest absolute Gasteiger partial charge is 0.284 e. The number of pyridine rings is 3. The van der Waals surface area contributed by atoms with Gasteiger partial charge in [-0.2, -0.15) is 0 Å². The fourth-order valence-corrected chi connectivity index (χ4v) is 3.23. The van der Waals surface area contributed by atoms with Crippen molar-refractivity contribution < 1.29 is 9.47 Å². The van der Waals surface area contributed by atoms with Crippen molar-refractivity contribution in [3.05, 3.63) is 84.7 Å². The molecule has 0 aliphatic rings. The number of aromatic nitrogens is 5. The van der Waals surface area contributed by atoms with Crippen molar-refractivity contribution in [3.63, 3.8) is 0 Å². The number of para-hydroxylation sites is 2. The van der Waals surface area contributed by atoms with Gasteiger partial charge in [-0.1, -0.05) is 24.3 Å². The Hall–Kier alpha value is -4.39. The van der Waals surface area contributed by atoms with Crippen molar-refractivity contribution in [2.24, 2.45) is 0 Å². The maximum atomic E-state index is 6.02. The number of rotatable bonds is 5. The number of nitrogens with zero attached hydrogens (tertiary/aromatic N) is 5. The highest BCUT2D eigenvalue weighted by molar-refractivity contribution is 5.75. The van der Waals surface area contributed by atoms with Crippen LogP contribution in [-0.2, 0) is 0 Å². The minimum Gasteiger partial charge on any atom is -0.477 e. The summed E-state index contributed by atoms with van der Waals surface area (Å²) in [6.07, 6.45) is 3.50. The van der Waals surface area contributed by atoms with Gasteiger partial charge in [0.25, 0.3) is 11.8 Å². The van der Waals surface area contributed by atoms with Crippen molar-refractivity contribution in [2.75, 3.05) is 7.11 Å². The molecule has 0 aliphatic heterocycles. The van der Waals surface area contributed by atoms with Gasteiger partial charge in [0.2, 0.25) is 0 Å². The summed E-state index contributed by atoms with van der Waals surface area (Å²) in [5.74, 6) is 1.15. The maximum absolute atomic E-state index is 6.02. The Bertz CT molecular complexity index is 1400. The van der Waals surface area contributed by atoms with E-state index in [1.54, 1.807) is 12.3 Å². The monoisotopic (exact) mass is 421 g/mol. The van der Waals surface area contributed by atoms with Crippen molar-refractivity contribution in [2.45, 2.75) is 6.92 Å². The van der Waals surface area contributed by atoms with Crippen LogP contribution in [0.25, 0.3) is 33.8 Å². The van der Waals surface area contributed by atoms with E-state index in [0.29, 0.717) is 23.0 Å². The molecule has 0 radical (unpaired) electrons. The summed E-state index contributed by atoms with van der Waals surface area (Å²) in [6, 6.07) is 20.9. The Labute approximate surface area is 184 Å². The minimum absolute atomic E-state index is 0.286. The van der Waals surface area contributed by atoms with Crippen molar-refractivity contribution in [1.29, 1.82) is 0 Å². The molecule has 0 saturated heterocycles. The van der Waals surface area contributed by atoms with Crippen LogP contribution in [0.15, 0.2) is 79.1 Å². The van der Waals surface area contributed by atoms with Gasteiger partial charge in [0.15, 0.2) is 0 Å². The summed E-state index contributed by atoms with van der Waals surface area (Å²) in [7, 11) is 1.54. The molecule has 5 aromatic rings. The van der Waals surface area contributed by atoms with E-state index < -0.39 is 0 Å². The minimum atomic E-state index is 0.286. The quantitative estimate of drug-likeness (QED) is 0.383. The number of hydrogen-bond donors (Lipinski definition) is 0. The Morgan fingerprint density at radius 1 is 0.656 bits per heavy atom. The lowest BCUT2D eigenvalue weighted by Crippen LogP contribution is -1.98. The Morgan fingerprint density at radius 2 is 1.41 bits per heavy atom. The molecular formula is C25H19N5O2. The standard InChI is InChI=1S/C25H19N5O2/c1-16-10-11-18(27-15-16)19-8-5-9-22(28-19)23-14-17(12-13-26-23)32-25-24(31-2)29-20-6-3-4-7-21(20)30-25/h3-15H,1-2H3. The summed E-state index contributed by atoms with van der Waals surface area (Å²) >= 11 is 0. The summed E-state index contributed by atoms with van der Waals surface area (Å²) in [5.41, 5.74) is 5.52. The molecule has 0 bridgehead atoms. The number of ether oxygens (including phenoxy) is 2. The molecule has 0 fully saturated rings. The Kier molecular flexibility index (Phi) is 5.13. The summed E-state index contributed by atoms with van der Waals surface area (Å²) in [6.45, 7) is 2.00. The number of methoxy groups -OCH3 is 1. The molecule has 5 rings (SSSR count). The molecule has 0 amide bonds. The number of aryl methyl sites for hydroxylation is 1. The Morgan fingerprint density at radius 3 is 2.12 bits per heavy atom. The van der Waals surface area contributed by atoms with Gasteiger partial charge in [-0.3, -0.25) is 9.97 Å². The SMILES string of the molecule is COc1nc2ccccc2nc1Oc1ccnc(-c2cccc(-c3ccc(C)cn3)n2)c1. The van der Waals surface area contributed by atoms with E-state index in [1.165, 1.54) is 7.11 Å². The first-order valence-electron chi connectivity index (χ1n) is 10.0. The average molecular weight is 421 g/mol. The topological polar surface area (TPSA) is 82.9 Å². The van der Waals surface area contributed by atoms with Crippen LogP contribution in [-0.4, -0.2) is 32.0 Å². The normalized spacial score (nSPS) is 10.8. The second-order valence-corrected chi connectivity index (χ2v) is 7.13. The van der Waals surface area contributed by atoms with Crippen LogP contribution >= 0.6 is 0 Å². The first-order chi connectivity index (χ1) is 15.7. The van der Waals surface area contributed by atoms with E-state index in [1.807, 2.05) is 73.8 Å². The van der Waals surface area contributed by atoms with Crippen molar-refractivity contribution in [1.82, 2.24) is 24.9 Å². The molecule has 7 heteroatoms. The highest BCUT2D eigenvalue weighted by Gasteiger charge is 2.13. The second kappa shape index (κ2) is 8.39. The molecule has 0 spiro atoms. The van der Waals surface area contributed by atoms with Crippen LogP contribution in [0.2, 0.25) is 0 Å². The third kappa shape index (κ3) is 3.96. The van der Waals surface area contributed by atoms with Gasteiger partial charge in [-0.15, -0.1) is 0 Å². The predicted octanol–water partition coefficient (Wildman–Crippen LogP) is 5.26. The first kappa shape index (κ1) is 19.6. The first-order valence-corrected chi connectivity index (χ1v) is 10.0. The lowest BCUT2D eigenvalue weighted by Gasteiger charge is -2.10. The molecule has 1 aromatic carbocycles. The van der Waals surface area contributed by atoms with Gasteiger partial charge in [-0.05, 0) is 48.9 Å². The molecule has 0 aliphatic carbocycles. The fourth-order valence-electron chi connectivity index (χ4n) is 3.23. The fraction of sp³-hybridized carbons (Fsp3) is 0.0800. The number of fused-ring (bicyclic) bond motifs is 1. The van der Waals surface area contributed by atoms with E-state index in [0.717, 1.165) is 28.0 Å². The molecule has 0 saturated carbocycles. The number of benzene rings is 1. The maximum Gasteiger partial charge on any atom is 0.284 e. The molecule has 0 unspecified atom stereocenters. The van der Waals surface area contributed by atoms with E-state index in [9.17, 15) is 0 Å². The van der Waals surface area contributed by atoms with Crippen LogP contribution in [0.4, 0.5) is 0 Å². The highest BCUT2D eigenvalue weighted by Crippen LogP contribution is 2.31. The predicted molar refractivity (Wildman–Crippen MR) is 122 cm³/mol. The van der Waals surface area contributed by atoms with Crippen LogP contribution < -0.4 is 9.47 Å². The summed E-state index contributed by atoms with van der Waals surface area (Å²) in [4.78, 5) is 22.7. The molecule has 4 aromatic heterocycles. The van der Waals surface area contributed by atoms with Crippen molar-refractivity contribution >= 4 is 11.0 Å². The number of hydrogen-bond acceptors (Lipinski definition) is 7. The van der Waals surface area contributed by atoms with Crippen LogP contribution in [0.1, 0.15) is 5.56 Å². The van der Waals surface area contributed by atoms with E-state index >= 15 is 0 Å². The van der Waals surface area contributed by atoms with E-state index in [-0.39, 0.29) is 5.88 Å². The van der Waals surface area contributed by atoms with Gasteiger partial charge in [-0.25, -0.2) is 15.0 Å². The van der Waals surface area contributed by atoms with Crippen LogP contribution in [0.3, 0.4) is 0 Å². The summed E-state index contributed by atoms with van der Waals surface area (Å²) < 4.78 is 11.4. The lowest BCUT2D eigenvalue weighted by atomic mass is 10.2. The molecule has 4 heterocycles. The van der Waals surface area contributed by atoms with Gasteiger partial charge in [0.05, 0.1) is 40.9 Å². The molecule has 156 valence electrons. The van der Waals surface area contributed by atoms with Crippen LogP contribution in [0.5, 0.6) is 17.5 Å². The summed E-state index contributed by atoms with van der Waals surface area (Å²) in [5, 5.41) is 0. The third-order valence-electron chi connectivity index (χ3n) is 4.83. The third-order valence-corrected chi connectivity index (χ3v) is 4.83. The van der Waals surface area contributed by atoms with Crippen molar-refractivity contribution in [3.8, 4) is 40.3 Å². The molecule has 32 heavy (non-hydrogen) atoms. The van der Waals surface area contributed by atoms with Crippen LogP contribution in [0, 0.1) is 6.92 Å². The van der Waals surface area contributed by atoms with Gasteiger partial charge >= 0.3 is 0 Å². The average Bonchev–Trinajstić information content (AvgIpc) is 2.84. The van der Waals surface area contributed by atoms with E-state index in [2.05, 4.69) is 19.9 Å². The lowest BCUT2D eigenvalue weighted by molar-refractivity contribution is 0.357. The highest BCUT2D eigenvalue weighted by atomic mass is 16.5. The zero-order valence-corrected chi connectivity index (χ0v) is 17.6. The van der Waals surface area contributed by atoms with Gasteiger partial charge in [0.1, 0.15) is 5.75 Å². The zero-order valence-electron chi connectivity index (χ0n) is 17.6.